The Balaban J connectivity index is 0.000000153. The van der Waals surface area contributed by atoms with Crippen LogP contribution >= 0.6 is 0 Å². The van der Waals surface area contributed by atoms with Crippen LogP contribution in [0.2, 0.25) is 0 Å². The van der Waals surface area contributed by atoms with E-state index in [2.05, 4.69) is 50.6 Å². The molecule has 3 aliphatic heterocycles. The van der Waals surface area contributed by atoms with Crippen LogP contribution in [0, 0.1) is 19.8 Å². The van der Waals surface area contributed by atoms with Gasteiger partial charge in [0.15, 0.2) is 17.4 Å². The summed E-state index contributed by atoms with van der Waals surface area (Å²) in [7, 11) is 3.93. The Bertz CT molecular complexity index is 3260. The number of carbonyl (C=O) groups excluding carboxylic acids is 2. The van der Waals surface area contributed by atoms with E-state index in [1.165, 1.54) is 0 Å². The third-order valence-electron chi connectivity index (χ3n) is 13.7. The fourth-order valence-electron chi connectivity index (χ4n) is 9.66. The average Bonchev–Trinajstić information content (AvgIpc) is 3.64. The molecule has 12 rings (SSSR count). The van der Waals surface area contributed by atoms with Gasteiger partial charge < -0.3 is 34.9 Å². The summed E-state index contributed by atoms with van der Waals surface area (Å²) in [5, 5.41) is 36.8. The lowest BCUT2D eigenvalue weighted by atomic mass is 10.1. The molecule has 0 bridgehead atoms. The number of ketones is 1. The third-order valence-corrected chi connectivity index (χ3v) is 13.7. The Morgan fingerprint density at radius 1 is 0.643 bits per heavy atom. The van der Waals surface area contributed by atoms with E-state index in [0.717, 1.165) is 119 Å². The number of rotatable bonds is 13. The molecule has 6 aromatic heterocycles. The van der Waals surface area contributed by atoms with E-state index in [1.807, 2.05) is 115 Å². The first-order valence-electron chi connectivity index (χ1n) is 24.0. The van der Waals surface area contributed by atoms with E-state index in [4.69, 9.17) is 0 Å². The number of benzene rings is 2. The van der Waals surface area contributed by atoms with Gasteiger partial charge in [-0.15, -0.1) is 0 Å². The Labute approximate surface area is 404 Å². The van der Waals surface area contributed by atoms with Gasteiger partial charge >= 0.3 is 0 Å². The maximum Gasteiger partial charge on any atom is 0.256 e. The van der Waals surface area contributed by atoms with E-state index >= 15 is 0 Å². The molecule has 0 unspecified atom stereocenters. The molecule has 4 fully saturated rings. The van der Waals surface area contributed by atoms with Crippen molar-refractivity contribution in [1.82, 2.24) is 63.3 Å². The molecule has 1 saturated carbocycles. The number of fused-ring (bicyclic) bond motifs is 2. The summed E-state index contributed by atoms with van der Waals surface area (Å²) in [6.07, 6.45) is 14.9. The molecule has 0 spiro atoms. The summed E-state index contributed by atoms with van der Waals surface area (Å²) in [6.45, 7) is 9.93. The molecule has 360 valence electrons. The summed E-state index contributed by atoms with van der Waals surface area (Å²) in [5.41, 5.74) is 9.29. The van der Waals surface area contributed by atoms with Crippen molar-refractivity contribution in [2.24, 2.45) is 20.0 Å². The molecule has 0 radical (unpaired) electrons. The summed E-state index contributed by atoms with van der Waals surface area (Å²) >= 11 is 0. The number of Topliss-reactive ketones (excluding diaryl/α,β-unsaturated/α-hetero) is 1. The fourth-order valence-corrected chi connectivity index (χ4v) is 9.66. The van der Waals surface area contributed by atoms with Gasteiger partial charge in [0, 0.05) is 172 Å². The van der Waals surface area contributed by atoms with Gasteiger partial charge in [0.25, 0.3) is 5.91 Å². The second-order valence-corrected chi connectivity index (χ2v) is 19.2. The molecule has 19 nitrogen and oxygen atoms in total. The van der Waals surface area contributed by atoms with Crippen molar-refractivity contribution >= 4 is 56.8 Å². The first-order valence-corrected chi connectivity index (χ1v) is 24.0. The SMILES string of the molecule is Cc1nn(-c2ccnc(Nc3ccc4c(c3)c(C(=O)C3CC3)cn4C)n2)cc1CN1CC(O)C1.Cc1nn(-c2ccnc(Nc3ccc4c(c3)c(C(=O)N3CCCC3)cn4C)n2)cc1CN1CC(O)C1. The number of β-amino-alcohol motifs (C(OH)–C–C–N with tert-alkyl or cyclic N) is 2. The summed E-state index contributed by atoms with van der Waals surface area (Å²) in [5.74, 6) is 2.75. The minimum absolute atomic E-state index is 0.0890. The maximum absolute atomic E-state index is 13.1. The molecular formula is C51H57N15O4. The van der Waals surface area contributed by atoms with E-state index < -0.39 is 0 Å². The molecule has 9 heterocycles. The summed E-state index contributed by atoms with van der Waals surface area (Å²) in [6, 6.07) is 15.6. The highest BCUT2D eigenvalue weighted by Gasteiger charge is 2.32. The van der Waals surface area contributed by atoms with Crippen LogP contribution in [0.5, 0.6) is 0 Å². The summed E-state index contributed by atoms with van der Waals surface area (Å²) < 4.78 is 7.53. The predicted molar refractivity (Wildman–Crippen MR) is 265 cm³/mol. The molecule has 8 aromatic rings. The third kappa shape index (κ3) is 9.27. The normalized spacial score (nSPS) is 16.6. The van der Waals surface area contributed by atoms with Crippen LogP contribution in [0.1, 0.15) is 68.9 Å². The number of amides is 1. The highest BCUT2D eigenvalue weighted by Crippen LogP contribution is 2.36. The van der Waals surface area contributed by atoms with Gasteiger partial charge in [0.1, 0.15) is 0 Å². The van der Waals surface area contributed by atoms with Crippen LogP contribution in [-0.2, 0) is 27.2 Å². The van der Waals surface area contributed by atoms with Crippen molar-refractivity contribution in [2.75, 3.05) is 49.9 Å². The van der Waals surface area contributed by atoms with Gasteiger partial charge in [-0.05, 0) is 75.9 Å². The zero-order chi connectivity index (χ0) is 48.2. The lowest BCUT2D eigenvalue weighted by Crippen LogP contribution is -2.49. The molecule has 2 aromatic carbocycles. The molecule has 70 heavy (non-hydrogen) atoms. The van der Waals surface area contributed by atoms with Crippen molar-refractivity contribution in [1.29, 1.82) is 0 Å². The Hall–Kier alpha value is -7.32. The molecule has 1 amide bonds. The molecular weight excluding hydrogens is 887 g/mol. The quantitative estimate of drug-likeness (QED) is 0.104. The van der Waals surface area contributed by atoms with E-state index in [1.54, 1.807) is 21.8 Å². The Kier molecular flexibility index (Phi) is 12.0. The number of hydrogen-bond acceptors (Lipinski definition) is 14. The van der Waals surface area contributed by atoms with Crippen LogP contribution in [0.25, 0.3) is 33.4 Å². The minimum atomic E-state index is -0.222. The molecule has 0 atom stereocenters. The number of likely N-dealkylation sites (tertiary alicyclic amines) is 3. The van der Waals surface area contributed by atoms with Crippen molar-refractivity contribution in [3.05, 3.63) is 119 Å². The lowest BCUT2D eigenvalue weighted by molar-refractivity contribution is -0.00317. The van der Waals surface area contributed by atoms with E-state index in [-0.39, 0.29) is 29.8 Å². The highest BCUT2D eigenvalue weighted by atomic mass is 16.3. The van der Waals surface area contributed by atoms with Gasteiger partial charge in [-0.1, -0.05) is 0 Å². The number of aromatic nitrogens is 10. The van der Waals surface area contributed by atoms with Crippen molar-refractivity contribution in [3.8, 4) is 11.6 Å². The van der Waals surface area contributed by atoms with E-state index in [9.17, 15) is 19.8 Å². The first-order chi connectivity index (χ1) is 33.9. The first kappa shape index (κ1) is 45.1. The van der Waals surface area contributed by atoms with Crippen molar-refractivity contribution in [3.63, 3.8) is 0 Å². The highest BCUT2D eigenvalue weighted by molar-refractivity contribution is 6.11. The van der Waals surface area contributed by atoms with Crippen molar-refractivity contribution < 1.29 is 19.8 Å². The standard InChI is InChI=1S/C26H30N8O2.C25H27N7O2/c1-17-18(12-32-14-20(35)15-32)13-34(30-17)24-7-8-27-26(29-24)28-19-5-6-23-21(11-19)22(16-31(23)2)25(36)33-9-3-4-10-33;1-15-17(10-31-12-19(33)13-31)11-32(29-15)23-7-8-26-25(28-23)27-18-5-6-22-20(9-18)21(14-30(22)2)24(34)16-3-4-16/h5-8,11,13,16,20,35H,3-4,9-10,12,14-15H2,1-2H3,(H,27,28,29);5-9,11,14,16,19,33H,3-4,10,12-13H2,1-2H3,(H,26,27,28). The van der Waals surface area contributed by atoms with Gasteiger partial charge in [-0.3, -0.25) is 19.4 Å². The Morgan fingerprint density at radius 3 is 1.59 bits per heavy atom. The maximum atomic E-state index is 13.1. The second kappa shape index (κ2) is 18.5. The largest absolute Gasteiger partial charge is 0.390 e. The van der Waals surface area contributed by atoms with Crippen LogP contribution in [-0.4, -0.2) is 137 Å². The number of aryl methyl sites for hydroxylation is 4. The zero-order valence-corrected chi connectivity index (χ0v) is 39.8. The molecule has 19 heteroatoms. The minimum Gasteiger partial charge on any atom is -0.390 e. The zero-order valence-electron chi connectivity index (χ0n) is 39.8. The van der Waals surface area contributed by atoms with Crippen LogP contribution < -0.4 is 10.6 Å². The Morgan fingerprint density at radius 2 is 1.11 bits per heavy atom. The van der Waals surface area contributed by atoms with Gasteiger partial charge in [0.05, 0.1) is 29.2 Å². The molecule has 1 aliphatic carbocycles. The number of hydrogen-bond donors (Lipinski definition) is 4. The predicted octanol–water partition coefficient (Wildman–Crippen LogP) is 5.59. The van der Waals surface area contributed by atoms with Gasteiger partial charge in [-0.25, -0.2) is 19.3 Å². The van der Waals surface area contributed by atoms with Gasteiger partial charge in [0.2, 0.25) is 11.9 Å². The lowest BCUT2D eigenvalue weighted by Gasteiger charge is -2.35. The molecule has 3 saturated heterocycles. The topological polar surface area (TPSA) is 205 Å². The number of anilines is 4. The van der Waals surface area contributed by atoms with Gasteiger partial charge in [-0.2, -0.15) is 20.2 Å². The van der Waals surface area contributed by atoms with Crippen LogP contribution in [0.3, 0.4) is 0 Å². The molecule has 4 aliphatic rings. The number of carbonyl (C=O) groups is 2. The summed E-state index contributed by atoms with van der Waals surface area (Å²) in [4.78, 5) is 50.3. The van der Waals surface area contributed by atoms with Crippen molar-refractivity contribution in [2.45, 2.75) is 64.8 Å². The molecule has 4 N–H and O–H groups in total. The fraction of sp³-hybridized carbons (Fsp3) is 0.373. The number of nitrogens with one attached hydrogen (secondary N) is 2. The van der Waals surface area contributed by atoms with Crippen LogP contribution in [0.4, 0.5) is 23.3 Å². The average molecular weight is 944 g/mol. The monoisotopic (exact) mass is 943 g/mol. The number of nitrogens with zero attached hydrogens (tertiary/aromatic N) is 13. The second-order valence-electron chi connectivity index (χ2n) is 19.2. The van der Waals surface area contributed by atoms with Crippen LogP contribution in [0.15, 0.2) is 85.7 Å². The smallest absolute Gasteiger partial charge is 0.256 e. The number of aliphatic hydroxyl groups excluding tert-OH is 2. The van der Waals surface area contributed by atoms with E-state index in [0.29, 0.717) is 49.7 Å². The number of aliphatic hydroxyl groups is 2.